The van der Waals surface area contributed by atoms with Crippen LogP contribution < -0.4 is 5.32 Å². The number of hydrogen-bond donors (Lipinski definition) is 2. The van der Waals surface area contributed by atoms with Gasteiger partial charge >= 0.3 is 0 Å². The highest BCUT2D eigenvalue weighted by Crippen LogP contribution is 2.48. The number of benzene rings is 1. The first kappa shape index (κ1) is 13.4. The minimum atomic E-state index is -0.187. The second-order valence-electron chi connectivity index (χ2n) is 5.14. The van der Waals surface area contributed by atoms with Crippen LogP contribution in [0.25, 0.3) is 0 Å². The molecule has 4 heteroatoms. The molecule has 1 aromatic rings. The van der Waals surface area contributed by atoms with Crippen LogP contribution in [-0.4, -0.2) is 22.9 Å². The Labute approximate surface area is 116 Å². The average Bonchev–Trinajstić information content (AvgIpc) is 3.07. The van der Waals surface area contributed by atoms with Crippen LogP contribution in [0.4, 0.5) is 0 Å². The van der Waals surface area contributed by atoms with Gasteiger partial charge in [0, 0.05) is 11.9 Å². The molecule has 1 aliphatic carbocycles. The number of rotatable bonds is 5. The SMILES string of the molecule is Cc1ccc(C(=O)NCC2(CCBr)CC2)c(O)c1. The van der Waals surface area contributed by atoms with Crippen LogP contribution >= 0.6 is 15.9 Å². The molecular weight excluding hydrogens is 294 g/mol. The number of aromatic hydroxyl groups is 1. The third-order valence-corrected chi connectivity index (χ3v) is 4.00. The highest BCUT2D eigenvalue weighted by Gasteiger charge is 2.41. The van der Waals surface area contributed by atoms with Gasteiger partial charge in [0.05, 0.1) is 5.56 Å². The van der Waals surface area contributed by atoms with Gasteiger partial charge in [0.25, 0.3) is 5.91 Å². The molecule has 1 saturated carbocycles. The van der Waals surface area contributed by atoms with Gasteiger partial charge in [0.1, 0.15) is 5.75 Å². The maximum absolute atomic E-state index is 12.0. The Balaban J connectivity index is 1.96. The smallest absolute Gasteiger partial charge is 0.255 e. The summed E-state index contributed by atoms with van der Waals surface area (Å²) in [5, 5.41) is 13.6. The second kappa shape index (κ2) is 5.31. The molecule has 0 spiro atoms. The van der Waals surface area contributed by atoms with Gasteiger partial charge in [0.2, 0.25) is 0 Å². The fraction of sp³-hybridized carbons (Fsp3) is 0.500. The largest absolute Gasteiger partial charge is 0.507 e. The Kier molecular flexibility index (Phi) is 3.95. The summed E-state index contributed by atoms with van der Waals surface area (Å²) in [5.41, 5.74) is 1.59. The van der Waals surface area contributed by atoms with E-state index in [-0.39, 0.29) is 11.7 Å². The minimum Gasteiger partial charge on any atom is -0.507 e. The van der Waals surface area contributed by atoms with Gasteiger partial charge in [-0.15, -0.1) is 0 Å². The molecule has 2 rings (SSSR count). The summed E-state index contributed by atoms with van der Waals surface area (Å²) in [7, 11) is 0. The maximum atomic E-state index is 12.0. The van der Waals surface area contributed by atoms with E-state index in [1.165, 1.54) is 12.8 Å². The number of halogens is 1. The van der Waals surface area contributed by atoms with Crippen LogP contribution in [0, 0.1) is 12.3 Å². The lowest BCUT2D eigenvalue weighted by molar-refractivity contribution is 0.0942. The summed E-state index contributed by atoms with van der Waals surface area (Å²) in [4.78, 5) is 12.0. The number of carbonyl (C=O) groups excluding carboxylic acids is 1. The number of carbonyl (C=O) groups is 1. The van der Waals surface area contributed by atoms with Gasteiger partial charge < -0.3 is 10.4 Å². The zero-order chi connectivity index (χ0) is 13.2. The molecule has 3 nitrogen and oxygen atoms in total. The van der Waals surface area contributed by atoms with E-state index in [4.69, 9.17) is 0 Å². The highest BCUT2D eigenvalue weighted by molar-refractivity contribution is 9.09. The Hall–Kier alpha value is -1.03. The number of hydrogen-bond acceptors (Lipinski definition) is 2. The molecule has 0 heterocycles. The van der Waals surface area contributed by atoms with E-state index in [1.54, 1.807) is 12.1 Å². The number of aryl methyl sites for hydroxylation is 1. The maximum Gasteiger partial charge on any atom is 0.255 e. The molecule has 1 fully saturated rings. The lowest BCUT2D eigenvalue weighted by Crippen LogP contribution is -2.30. The number of phenols is 1. The van der Waals surface area contributed by atoms with E-state index in [2.05, 4.69) is 21.2 Å². The van der Waals surface area contributed by atoms with Crippen LogP contribution in [0.2, 0.25) is 0 Å². The molecule has 0 aromatic heterocycles. The first-order valence-corrected chi connectivity index (χ1v) is 7.32. The molecule has 1 aromatic carbocycles. The van der Waals surface area contributed by atoms with Crippen molar-refractivity contribution in [1.82, 2.24) is 5.32 Å². The predicted octanol–water partition coefficient (Wildman–Crippen LogP) is 3.00. The van der Waals surface area contributed by atoms with Crippen LogP contribution in [0.3, 0.4) is 0 Å². The van der Waals surface area contributed by atoms with Crippen molar-refractivity contribution in [2.75, 3.05) is 11.9 Å². The zero-order valence-electron chi connectivity index (χ0n) is 10.5. The van der Waals surface area contributed by atoms with E-state index in [9.17, 15) is 9.90 Å². The standard InChI is InChI=1S/C14H18BrNO2/c1-10-2-3-11(12(17)8-10)13(18)16-9-14(4-5-14)6-7-15/h2-3,8,17H,4-7,9H2,1H3,(H,16,18). The van der Waals surface area contributed by atoms with E-state index in [0.29, 0.717) is 17.5 Å². The first-order chi connectivity index (χ1) is 8.56. The van der Waals surface area contributed by atoms with Gasteiger partial charge in [-0.1, -0.05) is 22.0 Å². The third-order valence-electron chi connectivity index (χ3n) is 3.60. The van der Waals surface area contributed by atoms with Crippen molar-refractivity contribution in [3.8, 4) is 5.75 Å². The Morgan fingerprint density at radius 1 is 1.50 bits per heavy atom. The first-order valence-electron chi connectivity index (χ1n) is 6.20. The number of phenolic OH excluding ortho intramolecular Hbond substituents is 1. The molecule has 1 aliphatic rings. The van der Waals surface area contributed by atoms with E-state index in [1.807, 2.05) is 13.0 Å². The summed E-state index contributed by atoms with van der Waals surface area (Å²) in [6.45, 7) is 2.58. The van der Waals surface area contributed by atoms with Crippen LogP contribution in [-0.2, 0) is 0 Å². The molecule has 1 amide bonds. The van der Waals surface area contributed by atoms with Crippen molar-refractivity contribution in [2.24, 2.45) is 5.41 Å². The number of amides is 1. The lowest BCUT2D eigenvalue weighted by Gasteiger charge is -2.15. The Bertz CT molecular complexity index is 455. The van der Waals surface area contributed by atoms with Gasteiger partial charge in [-0.25, -0.2) is 0 Å². The summed E-state index contributed by atoms with van der Waals surface area (Å²) < 4.78 is 0. The van der Waals surface area contributed by atoms with Crippen molar-refractivity contribution in [1.29, 1.82) is 0 Å². The Morgan fingerprint density at radius 3 is 2.78 bits per heavy atom. The lowest BCUT2D eigenvalue weighted by atomic mass is 10.0. The van der Waals surface area contributed by atoms with Crippen molar-refractivity contribution in [3.63, 3.8) is 0 Å². The second-order valence-corrected chi connectivity index (χ2v) is 5.94. The molecule has 0 radical (unpaired) electrons. The van der Waals surface area contributed by atoms with E-state index >= 15 is 0 Å². The van der Waals surface area contributed by atoms with Gasteiger partial charge in [0.15, 0.2) is 0 Å². The van der Waals surface area contributed by atoms with Crippen molar-refractivity contribution < 1.29 is 9.90 Å². The van der Waals surface area contributed by atoms with Gasteiger partial charge in [-0.2, -0.15) is 0 Å². The van der Waals surface area contributed by atoms with Gasteiger partial charge in [-0.3, -0.25) is 4.79 Å². The molecule has 18 heavy (non-hydrogen) atoms. The highest BCUT2D eigenvalue weighted by atomic mass is 79.9. The van der Waals surface area contributed by atoms with E-state index in [0.717, 1.165) is 17.3 Å². The fourth-order valence-corrected chi connectivity index (χ4v) is 2.93. The molecule has 0 unspecified atom stereocenters. The quantitative estimate of drug-likeness (QED) is 0.821. The Morgan fingerprint density at radius 2 is 2.22 bits per heavy atom. The number of nitrogens with one attached hydrogen (secondary N) is 1. The van der Waals surface area contributed by atoms with Gasteiger partial charge in [-0.05, 0) is 49.3 Å². The fourth-order valence-electron chi connectivity index (χ4n) is 2.09. The summed E-state index contributed by atoms with van der Waals surface area (Å²) in [6, 6.07) is 5.12. The average molecular weight is 312 g/mol. The molecule has 0 atom stereocenters. The normalized spacial score (nSPS) is 16.3. The summed E-state index contributed by atoms with van der Waals surface area (Å²) >= 11 is 3.44. The summed E-state index contributed by atoms with van der Waals surface area (Å²) in [6.07, 6.45) is 3.45. The van der Waals surface area contributed by atoms with Crippen LogP contribution in [0.5, 0.6) is 5.75 Å². The monoisotopic (exact) mass is 311 g/mol. The van der Waals surface area contributed by atoms with E-state index < -0.39 is 0 Å². The zero-order valence-corrected chi connectivity index (χ0v) is 12.1. The van der Waals surface area contributed by atoms with Crippen LogP contribution in [0.1, 0.15) is 35.2 Å². The van der Waals surface area contributed by atoms with Crippen molar-refractivity contribution in [2.45, 2.75) is 26.2 Å². The van der Waals surface area contributed by atoms with Crippen LogP contribution in [0.15, 0.2) is 18.2 Å². The topological polar surface area (TPSA) is 49.3 Å². The molecule has 0 saturated heterocycles. The molecular formula is C14H18BrNO2. The van der Waals surface area contributed by atoms with Crippen molar-refractivity contribution in [3.05, 3.63) is 29.3 Å². The summed E-state index contributed by atoms with van der Waals surface area (Å²) in [5.74, 6) is -0.133. The molecule has 0 bridgehead atoms. The third kappa shape index (κ3) is 3.05. The molecule has 98 valence electrons. The minimum absolute atomic E-state index is 0.0536. The number of alkyl halides is 1. The predicted molar refractivity (Wildman–Crippen MR) is 75.3 cm³/mol. The van der Waals surface area contributed by atoms with Crippen molar-refractivity contribution >= 4 is 21.8 Å². The molecule has 2 N–H and O–H groups in total. The molecule has 0 aliphatic heterocycles.